The molecule has 1 aliphatic heterocycles. The van der Waals surface area contributed by atoms with Crippen LogP contribution in [0.2, 0.25) is 0 Å². The van der Waals surface area contributed by atoms with Crippen LogP contribution in [0.3, 0.4) is 0 Å². The third-order valence-electron chi connectivity index (χ3n) is 6.64. The number of alkyl halides is 5. The summed E-state index contributed by atoms with van der Waals surface area (Å²) in [7, 11) is 0. The molecule has 0 bridgehead atoms. The molecule has 16 heteroatoms. The van der Waals surface area contributed by atoms with Crippen LogP contribution in [-0.2, 0) is 11.0 Å². The van der Waals surface area contributed by atoms with Gasteiger partial charge in [0.1, 0.15) is 23.7 Å². The molecule has 1 N–H and O–H groups in total. The van der Waals surface area contributed by atoms with Gasteiger partial charge in [-0.25, -0.2) is 23.1 Å². The van der Waals surface area contributed by atoms with Gasteiger partial charge in [0.05, 0.1) is 29.4 Å². The number of thiocarbonyl (C=S) groups is 1. The largest absolute Gasteiger partial charge is 0.475 e. The second kappa shape index (κ2) is 9.82. The molecule has 1 aliphatic carbocycles. The fraction of sp³-hybridized carbons (Fsp3) is 0.333. The van der Waals surface area contributed by atoms with Crippen LogP contribution in [-0.4, -0.2) is 49.8 Å². The lowest BCUT2D eigenvalue weighted by molar-refractivity contribution is -0.138. The lowest BCUT2D eigenvalue weighted by Crippen LogP contribution is -2.55. The van der Waals surface area contributed by atoms with Gasteiger partial charge in [0.2, 0.25) is 5.88 Å². The van der Waals surface area contributed by atoms with Crippen molar-refractivity contribution in [3.63, 3.8) is 0 Å². The number of aliphatic hydroxyl groups excluding tert-OH is 1. The number of carbonyl (C=O) groups is 1. The Hall–Kier alpha value is -4.10. The molecule has 2 aromatic heterocycles. The zero-order chi connectivity index (χ0) is 29.0. The van der Waals surface area contributed by atoms with Gasteiger partial charge < -0.3 is 14.7 Å². The minimum Gasteiger partial charge on any atom is -0.475 e. The van der Waals surface area contributed by atoms with Gasteiger partial charge in [-0.2, -0.15) is 23.4 Å². The fourth-order valence-corrected chi connectivity index (χ4v) is 5.20. The van der Waals surface area contributed by atoms with Crippen molar-refractivity contribution in [3.05, 3.63) is 47.3 Å². The van der Waals surface area contributed by atoms with E-state index in [1.54, 1.807) is 0 Å². The highest BCUT2D eigenvalue weighted by Gasteiger charge is 2.60. The molecule has 40 heavy (non-hydrogen) atoms. The number of hydrogen-bond acceptors (Lipinski definition) is 8. The zero-order valence-corrected chi connectivity index (χ0v) is 20.9. The van der Waals surface area contributed by atoms with Crippen LogP contribution in [0.4, 0.5) is 37.7 Å². The van der Waals surface area contributed by atoms with E-state index in [4.69, 9.17) is 27.3 Å². The van der Waals surface area contributed by atoms with Gasteiger partial charge in [-0.1, -0.05) is 0 Å². The van der Waals surface area contributed by atoms with Gasteiger partial charge >= 0.3 is 6.18 Å². The quantitative estimate of drug-likeness (QED) is 0.333. The van der Waals surface area contributed by atoms with E-state index >= 15 is 4.39 Å². The highest BCUT2D eigenvalue weighted by atomic mass is 32.1. The first-order chi connectivity index (χ1) is 18.9. The van der Waals surface area contributed by atoms with E-state index in [9.17, 15) is 26.7 Å². The molecule has 208 valence electrons. The Morgan fingerprint density at radius 3 is 2.50 bits per heavy atom. The molecular weight excluding hydrogens is 566 g/mol. The Labute approximate surface area is 226 Å². The van der Waals surface area contributed by atoms with Crippen molar-refractivity contribution >= 4 is 45.5 Å². The van der Waals surface area contributed by atoms with Gasteiger partial charge in [-0.15, -0.1) is 0 Å². The number of ether oxygens (including phenoxy) is 1. The molecule has 2 aliphatic rings. The summed E-state index contributed by atoms with van der Waals surface area (Å²) in [6.45, 7) is -0.856. The van der Waals surface area contributed by atoms with Crippen LogP contribution >= 0.6 is 12.2 Å². The lowest BCUT2D eigenvalue weighted by atomic mass is 9.75. The van der Waals surface area contributed by atoms with Gasteiger partial charge in [0.15, 0.2) is 22.4 Å². The maximum atomic E-state index is 15.4. The third kappa shape index (κ3) is 4.25. The Morgan fingerprint density at radius 2 is 1.93 bits per heavy atom. The van der Waals surface area contributed by atoms with Crippen LogP contribution in [0.15, 0.2) is 24.4 Å². The molecule has 3 aromatic rings. The first-order valence-electron chi connectivity index (χ1n) is 11.6. The summed E-state index contributed by atoms with van der Waals surface area (Å²) in [5.74, 6) is -3.20. The number of rotatable bonds is 6. The molecule has 1 aromatic carbocycles. The van der Waals surface area contributed by atoms with Crippen molar-refractivity contribution in [2.45, 2.75) is 37.4 Å². The first-order valence-corrected chi connectivity index (χ1v) is 12.0. The molecule has 5 rings (SSSR count). The topological polar surface area (TPSA) is 115 Å². The van der Waals surface area contributed by atoms with Crippen LogP contribution in [0.25, 0.3) is 10.9 Å². The molecule has 1 amide bonds. The normalized spacial score (nSPS) is 16.7. The van der Waals surface area contributed by atoms with E-state index in [-0.39, 0.29) is 41.3 Å². The molecule has 1 saturated heterocycles. The fourth-order valence-electron chi connectivity index (χ4n) is 4.73. The zero-order valence-electron chi connectivity index (χ0n) is 20.0. The number of nitriles is 1. The smallest absolute Gasteiger partial charge is 0.419 e. The van der Waals surface area contributed by atoms with Gasteiger partial charge in [-0.3, -0.25) is 9.69 Å². The Bertz CT molecular complexity index is 1590. The van der Waals surface area contributed by atoms with E-state index in [1.807, 2.05) is 0 Å². The maximum absolute atomic E-state index is 15.4. The molecule has 2 fully saturated rings. The van der Waals surface area contributed by atoms with Crippen molar-refractivity contribution in [3.8, 4) is 11.9 Å². The first kappa shape index (κ1) is 27.5. The maximum Gasteiger partial charge on any atom is 0.419 e. The number of halogens is 6. The average Bonchev–Trinajstić information content (AvgIpc) is 3.12. The predicted molar refractivity (Wildman–Crippen MR) is 130 cm³/mol. The highest BCUT2D eigenvalue weighted by Crippen LogP contribution is 2.49. The van der Waals surface area contributed by atoms with Gasteiger partial charge in [-0.05, 0) is 49.7 Å². The second-order valence-electron chi connectivity index (χ2n) is 8.93. The third-order valence-corrected chi connectivity index (χ3v) is 7.00. The minimum absolute atomic E-state index is 0.0227. The summed E-state index contributed by atoms with van der Waals surface area (Å²) in [6.07, 6.45) is -6.18. The van der Waals surface area contributed by atoms with Crippen molar-refractivity contribution in [2.24, 2.45) is 0 Å². The number of carbonyl (C=O) groups excluding carboxylic acids is 1. The number of fused-ring (bicyclic) bond motifs is 1. The van der Waals surface area contributed by atoms with E-state index in [1.165, 1.54) is 17.0 Å². The van der Waals surface area contributed by atoms with Crippen LogP contribution < -0.4 is 14.5 Å². The molecule has 9 nitrogen and oxygen atoms in total. The summed E-state index contributed by atoms with van der Waals surface area (Å²) in [6, 6.07) is 4.14. The number of aromatic nitrogens is 3. The van der Waals surface area contributed by atoms with Crippen molar-refractivity contribution in [1.82, 2.24) is 15.0 Å². The van der Waals surface area contributed by atoms with E-state index in [0.717, 1.165) is 17.2 Å². The van der Waals surface area contributed by atoms with Crippen molar-refractivity contribution in [2.75, 3.05) is 23.0 Å². The summed E-state index contributed by atoms with van der Waals surface area (Å²) < 4.78 is 88.1. The van der Waals surface area contributed by atoms with Gasteiger partial charge in [0.25, 0.3) is 12.3 Å². The number of benzene rings is 1. The summed E-state index contributed by atoms with van der Waals surface area (Å²) in [5, 5.41) is 17.7. The summed E-state index contributed by atoms with van der Waals surface area (Å²) in [5.41, 5.74) is -4.49. The number of anilines is 2. The molecule has 0 radical (unpaired) electrons. The van der Waals surface area contributed by atoms with Crippen LogP contribution in [0, 0.1) is 17.1 Å². The molecule has 1 saturated carbocycles. The van der Waals surface area contributed by atoms with Gasteiger partial charge in [0, 0.05) is 5.69 Å². The van der Waals surface area contributed by atoms with Crippen molar-refractivity contribution < 1.29 is 41.0 Å². The molecule has 0 unspecified atom stereocenters. The lowest BCUT2D eigenvalue weighted by Gasteiger charge is -2.43. The molecular formula is C24H16F6N6O3S. The number of pyridine rings is 1. The highest BCUT2D eigenvalue weighted by molar-refractivity contribution is 7.81. The molecule has 3 heterocycles. The number of hydrogen-bond donors (Lipinski definition) is 1. The van der Waals surface area contributed by atoms with E-state index in [2.05, 4.69) is 15.0 Å². The molecule has 0 atom stereocenters. The average molecular weight is 582 g/mol. The summed E-state index contributed by atoms with van der Waals surface area (Å²) >= 11 is 5.51. The number of nitrogens with zero attached hydrogens (tertiary/aromatic N) is 6. The second-order valence-corrected chi connectivity index (χ2v) is 9.29. The number of aliphatic hydroxyl groups is 1. The Morgan fingerprint density at radius 1 is 1.20 bits per heavy atom. The Kier molecular flexibility index (Phi) is 6.74. The van der Waals surface area contributed by atoms with Crippen molar-refractivity contribution in [1.29, 1.82) is 5.26 Å². The monoisotopic (exact) mass is 582 g/mol. The number of amides is 1. The Balaban J connectivity index is 1.66. The predicted octanol–water partition coefficient (Wildman–Crippen LogP) is 4.42. The van der Waals surface area contributed by atoms with E-state index in [0.29, 0.717) is 12.5 Å². The van der Waals surface area contributed by atoms with E-state index < -0.39 is 65.0 Å². The SMILES string of the molecule is N#Cc1ncc(N2C(=O)C3(CCC3)N(c3cc(F)c4nc(C(F)F)nc(OCCO)c4c3)C2=S)cc1C(F)(F)F. The van der Waals surface area contributed by atoms with Crippen LogP contribution in [0.1, 0.15) is 42.8 Å². The standard InChI is InChI=1S/C24H16F6N6O3S/c25-15-8-11(6-13-17(15)33-19(18(26)27)34-20(13)39-5-4-37)36-22(40)35(21(38)23(36)2-1-3-23)12-7-14(24(28,29)30)16(9-31)32-10-12/h6-8,10,18,37H,1-5H2. The summed E-state index contributed by atoms with van der Waals surface area (Å²) in [4.78, 5) is 26.6. The minimum atomic E-state index is -4.95. The van der Waals surface area contributed by atoms with Crippen LogP contribution in [0.5, 0.6) is 5.88 Å². The molecule has 1 spiro atoms.